The quantitative estimate of drug-likeness (QED) is 0.305. The minimum atomic E-state index is -3.98. The molecule has 4 aromatic rings. The minimum Gasteiger partial charge on any atom is -0.506 e. The van der Waals surface area contributed by atoms with Crippen LogP contribution in [0.25, 0.3) is 22.7 Å². The van der Waals surface area contributed by atoms with E-state index in [4.69, 9.17) is 21.1 Å². The average Bonchev–Trinajstić information content (AvgIpc) is 3.26. The number of pyridine rings is 1. The van der Waals surface area contributed by atoms with Crippen LogP contribution >= 0.6 is 11.6 Å². The number of nitrogens with one attached hydrogen (secondary N) is 1. The predicted molar refractivity (Wildman–Crippen MR) is 144 cm³/mol. The molecule has 0 radical (unpaired) electrons. The number of aliphatic imine (C=N–C) groups is 1. The number of imidazole rings is 1. The van der Waals surface area contributed by atoms with Crippen molar-refractivity contribution in [3.63, 3.8) is 0 Å². The van der Waals surface area contributed by atoms with Crippen LogP contribution in [0, 0.1) is 0 Å². The number of halogens is 1. The molecular weight excluding hydrogens is 546 g/mol. The standard InChI is InChI=1S/C25H20ClN7O5S/c1-3-38-19-12-6-9-16(28-19)24-31-23-25(33(24)20-17(34)10-7-11-18(20)37-2)30-22(21(26)29-23)32-39(35,36)14-15-8-4-5-13-27-15/h4-5,7-8,10-13,34H,3,14H2,1-2H3,(H,30,32). The number of hydrogen-bond donors (Lipinski definition) is 2. The number of phenolic OH excluding ortho intramolecular Hbond substituents is 1. The van der Waals surface area contributed by atoms with Crippen molar-refractivity contribution in [3.8, 4) is 17.2 Å². The third kappa shape index (κ3) is 5.33. The minimum absolute atomic E-state index is 0.0463. The maximum atomic E-state index is 12.9. The molecule has 0 atom stereocenters. The lowest BCUT2D eigenvalue weighted by atomic mass is 10.2. The van der Waals surface area contributed by atoms with Crippen LogP contribution in [0.5, 0.6) is 11.5 Å². The highest BCUT2D eigenvalue weighted by Gasteiger charge is 2.26. The van der Waals surface area contributed by atoms with Crippen molar-refractivity contribution in [1.82, 2.24) is 24.5 Å². The summed E-state index contributed by atoms with van der Waals surface area (Å²) in [6.45, 7) is 2.18. The van der Waals surface area contributed by atoms with Crippen LogP contribution in [-0.2, 0) is 20.5 Å². The second kappa shape index (κ2) is 10.6. The summed E-state index contributed by atoms with van der Waals surface area (Å²) in [6.07, 6.45) is 3.01. The van der Waals surface area contributed by atoms with Gasteiger partial charge >= 0.3 is 0 Å². The zero-order valence-corrected chi connectivity index (χ0v) is 22.2. The lowest BCUT2D eigenvalue weighted by Crippen LogP contribution is -2.17. The van der Waals surface area contributed by atoms with Gasteiger partial charge in [0, 0.05) is 6.20 Å². The molecule has 0 fully saturated rings. The number of anilines is 1. The number of benzene rings is 1. The number of fused-ring (bicyclic) bond motifs is 1. The number of phenols is 1. The predicted octanol–water partition coefficient (Wildman–Crippen LogP) is 3.62. The third-order valence-electron chi connectivity index (χ3n) is 5.30. The Balaban J connectivity index is 1.71. The summed E-state index contributed by atoms with van der Waals surface area (Å²) < 4.78 is 40.6. The first kappa shape index (κ1) is 26.0. The molecule has 14 heteroatoms. The Bertz CT molecular complexity index is 1820. The summed E-state index contributed by atoms with van der Waals surface area (Å²) in [4.78, 5) is 21.7. The molecule has 0 bridgehead atoms. The van der Waals surface area contributed by atoms with Crippen molar-refractivity contribution in [1.29, 1.82) is 0 Å². The first-order valence-electron chi connectivity index (χ1n) is 11.5. The molecule has 3 aromatic heterocycles. The SMILES string of the molecule is CCOC1=NC(c2nc3nc(Cl)c(NS(=O)(=O)Cc4ccccn4)nc3n2-c2c(O)cccc2OC)=C=C=C1. The Morgan fingerprint density at radius 1 is 1.15 bits per heavy atom. The summed E-state index contributed by atoms with van der Waals surface area (Å²) >= 11 is 6.33. The maximum absolute atomic E-state index is 12.9. The molecule has 0 saturated heterocycles. The smallest absolute Gasteiger partial charge is 0.239 e. The molecule has 1 aliphatic heterocycles. The van der Waals surface area contributed by atoms with E-state index in [1.807, 2.05) is 6.92 Å². The van der Waals surface area contributed by atoms with Crippen LogP contribution in [0.4, 0.5) is 5.82 Å². The van der Waals surface area contributed by atoms with Gasteiger partial charge < -0.3 is 14.6 Å². The van der Waals surface area contributed by atoms with E-state index >= 15 is 0 Å². The second-order valence-electron chi connectivity index (χ2n) is 7.94. The number of hydrogen-bond acceptors (Lipinski definition) is 10. The molecule has 12 nitrogen and oxygen atoms in total. The van der Waals surface area contributed by atoms with Crippen molar-refractivity contribution in [2.24, 2.45) is 4.99 Å². The van der Waals surface area contributed by atoms with Gasteiger partial charge in [-0.15, -0.1) is 0 Å². The van der Waals surface area contributed by atoms with Crippen molar-refractivity contribution < 1.29 is 23.0 Å². The van der Waals surface area contributed by atoms with Crippen molar-refractivity contribution in [2.75, 3.05) is 18.4 Å². The molecule has 39 heavy (non-hydrogen) atoms. The lowest BCUT2D eigenvalue weighted by molar-refractivity contribution is 0.330. The Morgan fingerprint density at radius 3 is 2.74 bits per heavy atom. The van der Waals surface area contributed by atoms with Gasteiger partial charge in [-0.05, 0) is 36.9 Å². The molecule has 4 heterocycles. The summed E-state index contributed by atoms with van der Waals surface area (Å²) in [7, 11) is -2.54. The molecule has 1 aromatic carbocycles. The summed E-state index contributed by atoms with van der Waals surface area (Å²) in [5.74, 6) is -0.138. The van der Waals surface area contributed by atoms with E-state index in [0.29, 0.717) is 12.3 Å². The van der Waals surface area contributed by atoms with E-state index in [1.165, 1.54) is 30.0 Å². The normalized spacial score (nSPS) is 12.8. The Kier molecular flexibility index (Phi) is 7.05. The van der Waals surface area contributed by atoms with Crippen LogP contribution in [0.1, 0.15) is 18.4 Å². The molecule has 1 aliphatic rings. The van der Waals surface area contributed by atoms with Crippen LogP contribution in [0.3, 0.4) is 0 Å². The first-order chi connectivity index (χ1) is 18.8. The fourth-order valence-corrected chi connectivity index (χ4v) is 5.03. The van der Waals surface area contributed by atoms with Gasteiger partial charge in [0.25, 0.3) is 0 Å². The van der Waals surface area contributed by atoms with E-state index in [0.717, 1.165) is 0 Å². The molecular formula is C25H20ClN7O5S. The van der Waals surface area contributed by atoms with Gasteiger partial charge in [-0.1, -0.05) is 29.5 Å². The molecule has 0 spiro atoms. The zero-order valence-electron chi connectivity index (χ0n) is 20.6. The maximum Gasteiger partial charge on any atom is 0.239 e. The topological polar surface area (TPSA) is 154 Å². The van der Waals surface area contributed by atoms with Gasteiger partial charge in [0.1, 0.15) is 22.9 Å². The van der Waals surface area contributed by atoms with Crippen LogP contribution in [-0.4, -0.2) is 57.6 Å². The molecule has 0 aliphatic carbocycles. The van der Waals surface area contributed by atoms with E-state index in [1.54, 1.807) is 30.3 Å². The lowest BCUT2D eigenvalue weighted by Gasteiger charge is -2.15. The van der Waals surface area contributed by atoms with Gasteiger partial charge in [0.2, 0.25) is 15.9 Å². The summed E-state index contributed by atoms with van der Waals surface area (Å²) in [5, 5.41) is 10.6. The molecule has 0 amide bonds. The number of methoxy groups -OCH3 is 1. The molecule has 0 saturated carbocycles. The van der Waals surface area contributed by atoms with Crippen LogP contribution < -0.4 is 9.46 Å². The highest BCUT2D eigenvalue weighted by molar-refractivity contribution is 7.91. The molecule has 0 unspecified atom stereocenters. The Hall–Kier alpha value is -4.67. The fraction of sp³-hybridized carbons (Fsp3) is 0.160. The fourth-order valence-electron chi connectivity index (χ4n) is 3.74. The monoisotopic (exact) mass is 565 g/mol. The Morgan fingerprint density at radius 2 is 2.00 bits per heavy atom. The molecule has 198 valence electrons. The number of ether oxygens (including phenoxy) is 2. The second-order valence-corrected chi connectivity index (χ2v) is 10.0. The number of rotatable bonds is 8. The van der Waals surface area contributed by atoms with Crippen molar-refractivity contribution in [3.05, 3.63) is 76.8 Å². The van der Waals surface area contributed by atoms with Crippen molar-refractivity contribution >= 4 is 50.3 Å². The largest absolute Gasteiger partial charge is 0.506 e. The van der Waals surface area contributed by atoms with Gasteiger partial charge in [0.15, 0.2) is 33.8 Å². The van der Waals surface area contributed by atoms with E-state index in [-0.39, 0.29) is 56.9 Å². The number of aromatic nitrogens is 5. The number of sulfonamides is 1. The summed E-state index contributed by atoms with van der Waals surface area (Å²) in [5.41, 5.74) is 6.49. The highest BCUT2D eigenvalue weighted by Crippen LogP contribution is 2.37. The van der Waals surface area contributed by atoms with Gasteiger partial charge in [-0.25, -0.2) is 28.4 Å². The number of para-hydroxylation sites is 1. The van der Waals surface area contributed by atoms with Gasteiger partial charge in [-0.3, -0.25) is 14.3 Å². The third-order valence-corrected chi connectivity index (χ3v) is 6.75. The van der Waals surface area contributed by atoms with E-state index in [2.05, 4.69) is 41.1 Å². The van der Waals surface area contributed by atoms with Crippen LogP contribution in [0.15, 0.2) is 65.1 Å². The zero-order chi connectivity index (χ0) is 27.6. The van der Waals surface area contributed by atoms with E-state index in [9.17, 15) is 13.5 Å². The first-order valence-corrected chi connectivity index (χ1v) is 13.5. The Labute approximate surface area is 227 Å². The van der Waals surface area contributed by atoms with E-state index < -0.39 is 15.8 Å². The molecule has 5 rings (SSSR count). The van der Waals surface area contributed by atoms with Gasteiger partial charge in [0.05, 0.1) is 25.5 Å². The van der Waals surface area contributed by atoms with Crippen LogP contribution in [0.2, 0.25) is 5.15 Å². The number of nitrogens with zero attached hydrogens (tertiary/aromatic N) is 6. The van der Waals surface area contributed by atoms with Gasteiger partial charge in [-0.2, -0.15) is 0 Å². The van der Waals surface area contributed by atoms with Crippen molar-refractivity contribution in [2.45, 2.75) is 12.7 Å². The number of aromatic hydroxyl groups is 1. The average molecular weight is 566 g/mol. The highest BCUT2D eigenvalue weighted by atomic mass is 35.5. The molecule has 2 N–H and O–H groups in total. The summed E-state index contributed by atoms with van der Waals surface area (Å²) in [6, 6.07) is 9.62.